The first-order chi connectivity index (χ1) is 9.42. The summed E-state index contributed by atoms with van der Waals surface area (Å²) in [4.78, 5) is 27.9. The first kappa shape index (κ1) is 15.0. The summed E-state index contributed by atoms with van der Waals surface area (Å²) >= 11 is 1.48. The molecule has 20 heavy (non-hydrogen) atoms. The quantitative estimate of drug-likeness (QED) is 0.894. The molecule has 0 bridgehead atoms. The van der Waals surface area contributed by atoms with Crippen LogP contribution in [0.4, 0.5) is 0 Å². The number of carbonyl (C=O) groups excluding carboxylic acids is 1. The van der Waals surface area contributed by atoms with E-state index in [-0.39, 0.29) is 5.91 Å². The minimum atomic E-state index is -0.864. The normalized spacial score (nSPS) is 23.3. The van der Waals surface area contributed by atoms with Gasteiger partial charge in [-0.2, -0.15) is 0 Å². The maximum Gasteiger partial charge on any atom is 0.307 e. The zero-order valence-corrected chi connectivity index (χ0v) is 12.6. The van der Waals surface area contributed by atoms with E-state index in [1.165, 1.54) is 11.3 Å². The number of aliphatic carboxylic acids is 1. The van der Waals surface area contributed by atoms with Gasteiger partial charge in [0.1, 0.15) is 5.01 Å². The Morgan fingerprint density at radius 1 is 1.35 bits per heavy atom. The molecule has 0 spiro atoms. The van der Waals surface area contributed by atoms with Crippen LogP contribution in [0.1, 0.15) is 44.5 Å². The van der Waals surface area contributed by atoms with Gasteiger partial charge in [-0.1, -0.05) is 12.8 Å². The van der Waals surface area contributed by atoms with Crippen LogP contribution in [0.5, 0.6) is 0 Å². The Morgan fingerprint density at radius 3 is 2.55 bits per heavy atom. The maximum atomic E-state index is 12.4. The lowest BCUT2D eigenvalue weighted by Gasteiger charge is -2.31. The molecule has 1 saturated carbocycles. The number of nitrogens with one attached hydrogen (secondary N) is 1. The number of hydrogen-bond donors (Lipinski definition) is 2. The molecule has 2 atom stereocenters. The van der Waals surface area contributed by atoms with Crippen molar-refractivity contribution in [3.63, 3.8) is 0 Å². The second kappa shape index (κ2) is 5.91. The molecule has 1 fully saturated rings. The van der Waals surface area contributed by atoms with E-state index >= 15 is 0 Å². The standard InChI is InChI=1S/C14H20N2O3S/c1-14(2,13-15-7-8-20-13)16-11(17)9-5-3-4-6-10(9)12(18)19/h7-10H,3-6H2,1-2H3,(H,16,17)(H,18,19)/t9-,10+/m1/s1. The molecule has 1 aliphatic rings. The maximum absolute atomic E-state index is 12.4. The Hall–Kier alpha value is -1.43. The molecule has 0 unspecified atom stereocenters. The van der Waals surface area contributed by atoms with Gasteiger partial charge < -0.3 is 10.4 Å². The Balaban J connectivity index is 2.08. The average molecular weight is 296 g/mol. The van der Waals surface area contributed by atoms with E-state index in [0.717, 1.165) is 17.8 Å². The number of carboxylic acid groups (broad SMARTS) is 1. The highest BCUT2D eigenvalue weighted by molar-refractivity contribution is 7.09. The largest absolute Gasteiger partial charge is 0.481 e. The van der Waals surface area contributed by atoms with Crippen molar-refractivity contribution >= 4 is 23.2 Å². The van der Waals surface area contributed by atoms with Gasteiger partial charge in [0, 0.05) is 11.6 Å². The van der Waals surface area contributed by atoms with Crippen LogP contribution in [0.15, 0.2) is 11.6 Å². The lowest BCUT2D eigenvalue weighted by Crippen LogP contribution is -2.47. The van der Waals surface area contributed by atoms with Gasteiger partial charge in [-0.25, -0.2) is 4.98 Å². The van der Waals surface area contributed by atoms with Gasteiger partial charge in [0.25, 0.3) is 0 Å². The minimum absolute atomic E-state index is 0.169. The molecular weight excluding hydrogens is 276 g/mol. The SMILES string of the molecule is CC(C)(NC(=O)[C@@H]1CCCC[C@@H]1C(=O)O)c1nccs1. The molecule has 0 aromatic carbocycles. The summed E-state index contributed by atoms with van der Waals surface area (Å²) in [5.74, 6) is -2.02. The first-order valence-corrected chi connectivity index (χ1v) is 7.74. The third-order valence-electron chi connectivity index (χ3n) is 3.82. The molecule has 1 aromatic rings. The summed E-state index contributed by atoms with van der Waals surface area (Å²) in [7, 11) is 0. The van der Waals surface area contributed by atoms with Crippen LogP contribution >= 0.6 is 11.3 Å². The highest BCUT2D eigenvalue weighted by atomic mass is 32.1. The van der Waals surface area contributed by atoms with E-state index in [9.17, 15) is 14.7 Å². The lowest BCUT2D eigenvalue weighted by molar-refractivity contribution is -0.149. The van der Waals surface area contributed by atoms with Crippen molar-refractivity contribution in [1.82, 2.24) is 10.3 Å². The number of hydrogen-bond acceptors (Lipinski definition) is 4. The molecule has 0 radical (unpaired) electrons. The van der Waals surface area contributed by atoms with Crippen LogP contribution in [0.25, 0.3) is 0 Å². The predicted molar refractivity (Wildman–Crippen MR) is 76.4 cm³/mol. The summed E-state index contributed by atoms with van der Waals surface area (Å²) < 4.78 is 0. The molecule has 5 nitrogen and oxygen atoms in total. The fourth-order valence-electron chi connectivity index (χ4n) is 2.73. The summed E-state index contributed by atoms with van der Waals surface area (Å²) in [6.07, 6.45) is 4.74. The highest BCUT2D eigenvalue weighted by Crippen LogP contribution is 2.32. The van der Waals surface area contributed by atoms with Crippen molar-refractivity contribution in [3.05, 3.63) is 16.6 Å². The number of rotatable bonds is 4. The summed E-state index contributed by atoms with van der Waals surface area (Å²) in [6, 6.07) is 0. The summed E-state index contributed by atoms with van der Waals surface area (Å²) in [5.41, 5.74) is -0.564. The molecule has 1 aromatic heterocycles. The molecule has 1 aliphatic carbocycles. The van der Waals surface area contributed by atoms with Gasteiger partial charge in [0.2, 0.25) is 5.91 Å². The molecule has 2 rings (SSSR count). The predicted octanol–water partition coefficient (Wildman–Crippen LogP) is 2.39. The van der Waals surface area contributed by atoms with E-state index in [1.54, 1.807) is 6.20 Å². The van der Waals surface area contributed by atoms with E-state index in [1.807, 2.05) is 19.2 Å². The van der Waals surface area contributed by atoms with E-state index in [0.29, 0.717) is 12.8 Å². The van der Waals surface area contributed by atoms with Gasteiger partial charge in [-0.05, 0) is 26.7 Å². The van der Waals surface area contributed by atoms with Crippen molar-refractivity contribution in [1.29, 1.82) is 0 Å². The fourth-order valence-corrected chi connectivity index (χ4v) is 3.44. The van der Waals surface area contributed by atoms with E-state index in [4.69, 9.17) is 0 Å². The second-order valence-electron chi connectivity index (χ2n) is 5.79. The Kier molecular flexibility index (Phi) is 4.42. The molecular formula is C14H20N2O3S. The van der Waals surface area contributed by atoms with Crippen LogP contribution in [0.2, 0.25) is 0 Å². The monoisotopic (exact) mass is 296 g/mol. The summed E-state index contributed by atoms with van der Waals surface area (Å²) in [5, 5.41) is 14.9. The fraction of sp³-hybridized carbons (Fsp3) is 0.643. The number of carboxylic acids is 1. The molecule has 110 valence electrons. The zero-order valence-electron chi connectivity index (χ0n) is 11.8. The minimum Gasteiger partial charge on any atom is -0.481 e. The van der Waals surface area contributed by atoms with Crippen LogP contribution in [-0.4, -0.2) is 22.0 Å². The van der Waals surface area contributed by atoms with Crippen LogP contribution < -0.4 is 5.32 Å². The highest BCUT2D eigenvalue weighted by Gasteiger charge is 2.38. The van der Waals surface area contributed by atoms with E-state index in [2.05, 4.69) is 10.3 Å². The Morgan fingerprint density at radius 2 is 2.00 bits per heavy atom. The van der Waals surface area contributed by atoms with Crippen LogP contribution in [0.3, 0.4) is 0 Å². The van der Waals surface area contributed by atoms with Crippen molar-refractivity contribution in [3.8, 4) is 0 Å². The van der Waals surface area contributed by atoms with E-state index < -0.39 is 23.3 Å². The van der Waals surface area contributed by atoms with Crippen molar-refractivity contribution in [2.75, 3.05) is 0 Å². The van der Waals surface area contributed by atoms with Gasteiger partial charge in [0.15, 0.2) is 0 Å². The smallest absolute Gasteiger partial charge is 0.307 e. The zero-order chi connectivity index (χ0) is 14.8. The van der Waals surface area contributed by atoms with Gasteiger partial charge in [-0.15, -0.1) is 11.3 Å². The third kappa shape index (κ3) is 3.17. The van der Waals surface area contributed by atoms with Gasteiger partial charge >= 0.3 is 5.97 Å². The molecule has 1 heterocycles. The molecule has 0 aliphatic heterocycles. The van der Waals surface area contributed by atoms with Crippen molar-refractivity contribution in [2.24, 2.45) is 11.8 Å². The van der Waals surface area contributed by atoms with Crippen LogP contribution in [-0.2, 0) is 15.1 Å². The number of amides is 1. The first-order valence-electron chi connectivity index (χ1n) is 6.86. The molecule has 6 heteroatoms. The average Bonchev–Trinajstić information content (AvgIpc) is 2.92. The van der Waals surface area contributed by atoms with Crippen molar-refractivity contribution in [2.45, 2.75) is 45.1 Å². The van der Waals surface area contributed by atoms with Crippen LogP contribution in [0, 0.1) is 11.8 Å². The molecule has 2 N–H and O–H groups in total. The number of aromatic nitrogens is 1. The van der Waals surface area contributed by atoms with Gasteiger partial charge in [-0.3, -0.25) is 9.59 Å². The second-order valence-corrected chi connectivity index (χ2v) is 6.68. The third-order valence-corrected chi connectivity index (χ3v) is 4.92. The van der Waals surface area contributed by atoms with Gasteiger partial charge in [0.05, 0.1) is 17.4 Å². The lowest BCUT2D eigenvalue weighted by atomic mass is 9.78. The Bertz CT molecular complexity index is 485. The Labute approximate surface area is 122 Å². The van der Waals surface area contributed by atoms with Crippen molar-refractivity contribution < 1.29 is 14.7 Å². The topological polar surface area (TPSA) is 79.3 Å². The number of thiazole rings is 1. The number of nitrogens with zero attached hydrogens (tertiary/aromatic N) is 1. The molecule has 1 amide bonds. The number of carbonyl (C=O) groups is 2. The molecule has 0 saturated heterocycles. The summed E-state index contributed by atoms with van der Waals surface area (Å²) in [6.45, 7) is 3.78.